The number of anilines is 1. The van der Waals surface area contributed by atoms with Gasteiger partial charge in [0.15, 0.2) is 4.90 Å². The molecule has 1 aliphatic heterocycles. The van der Waals surface area contributed by atoms with Gasteiger partial charge in [0.05, 0.1) is 18.7 Å². The van der Waals surface area contributed by atoms with Crippen LogP contribution in [0.1, 0.15) is 35.1 Å². The number of carbonyl (C=O) groups excluding carboxylic acids is 1. The highest BCUT2D eigenvalue weighted by atomic mass is 32.2. The van der Waals surface area contributed by atoms with Crippen LogP contribution in [0.4, 0.5) is 19.3 Å². The molecule has 166 valence electrons. The van der Waals surface area contributed by atoms with Crippen molar-refractivity contribution in [3.8, 4) is 5.88 Å². The average molecular weight is 452 g/mol. The third-order valence-electron chi connectivity index (χ3n) is 6.19. The first-order valence-electron chi connectivity index (χ1n) is 10.3. The van der Waals surface area contributed by atoms with E-state index in [1.807, 2.05) is 4.72 Å². The Labute approximate surface area is 178 Å². The van der Waals surface area contributed by atoms with Gasteiger partial charge in [0.1, 0.15) is 6.61 Å². The largest absolute Gasteiger partial charge is 0.476 e. The summed E-state index contributed by atoms with van der Waals surface area (Å²) < 4.78 is 59.8. The minimum atomic E-state index is -4.30. The van der Waals surface area contributed by atoms with Crippen LogP contribution in [-0.2, 0) is 42.3 Å². The van der Waals surface area contributed by atoms with Crippen molar-refractivity contribution in [1.82, 2.24) is 14.5 Å². The van der Waals surface area contributed by atoms with Crippen molar-refractivity contribution in [3.63, 3.8) is 0 Å². The number of nitrogens with one attached hydrogen (secondary N) is 2. The zero-order chi connectivity index (χ0) is 21.8. The highest BCUT2D eigenvalue weighted by Crippen LogP contribution is 2.38. The molecule has 2 aromatic rings. The number of amides is 2. The number of urea groups is 1. The summed E-state index contributed by atoms with van der Waals surface area (Å²) in [5.74, 6) is -1.21. The quantitative estimate of drug-likeness (QED) is 0.743. The van der Waals surface area contributed by atoms with Crippen molar-refractivity contribution in [2.45, 2.75) is 56.4 Å². The summed E-state index contributed by atoms with van der Waals surface area (Å²) in [6, 6.07) is 1.35. The van der Waals surface area contributed by atoms with E-state index in [-0.39, 0.29) is 23.9 Å². The predicted molar refractivity (Wildman–Crippen MR) is 107 cm³/mol. The third-order valence-corrected chi connectivity index (χ3v) is 7.50. The van der Waals surface area contributed by atoms with Crippen LogP contribution in [0.25, 0.3) is 0 Å². The Morgan fingerprint density at radius 1 is 1.16 bits per heavy atom. The van der Waals surface area contributed by atoms with E-state index in [9.17, 15) is 22.0 Å². The maximum Gasteiger partial charge on any atom is 0.333 e. The second-order valence-corrected chi connectivity index (χ2v) is 9.85. The highest BCUT2D eigenvalue weighted by Gasteiger charge is 2.34. The van der Waals surface area contributed by atoms with Crippen molar-refractivity contribution in [2.75, 3.05) is 11.9 Å². The lowest BCUT2D eigenvalue weighted by molar-refractivity contribution is 0.0157. The number of rotatable bonds is 4. The van der Waals surface area contributed by atoms with E-state index >= 15 is 0 Å². The number of benzene rings is 1. The Morgan fingerprint density at radius 3 is 2.48 bits per heavy atom. The lowest BCUT2D eigenvalue weighted by Gasteiger charge is -2.23. The molecule has 1 atom stereocenters. The van der Waals surface area contributed by atoms with E-state index < -0.39 is 28.4 Å². The summed E-state index contributed by atoms with van der Waals surface area (Å²) in [5.41, 5.74) is 5.32. The van der Waals surface area contributed by atoms with Crippen LogP contribution in [0, 0.1) is 5.92 Å². The topological polar surface area (TPSA) is 102 Å². The Hall–Kier alpha value is -2.69. The molecule has 2 aliphatic carbocycles. The Bertz CT molecular complexity index is 1130. The molecule has 0 saturated carbocycles. The van der Waals surface area contributed by atoms with Crippen LogP contribution >= 0.6 is 0 Å². The number of carbonyl (C=O) groups is 1. The van der Waals surface area contributed by atoms with Crippen LogP contribution in [-0.4, -0.2) is 37.3 Å². The van der Waals surface area contributed by atoms with Gasteiger partial charge in [-0.3, -0.25) is 0 Å². The molecule has 0 bridgehead atoms. The third kappa shape index (κ3) is 3.54. The molecule has 2 heterocycles. The first-order chi connectivity index (χ1) is 14.8. The number of halogens is 2. The summed E-state index contributed by atoms with van der Waals surface area (Å²) in [5, 5.41) is 6.62. The van der Waals surface area contributed by atoms with Gasteiger partial charge in [-0.2, -0.15) is 5.10 Å². The minimum absolute atomic E-state index is 0.140. The molecule has 0 spiro atoms. The van der Waals surface area contributed by atoms with Gasteiger partial charge >= 0.3 is 6.03 Å². The molecule has 0 fully saturated rings. The monoisotopic (exact) mass is 452 g/mol. The van der Waals surface area contributed by atoms with E-state index in [0.717, 1.165) is 66.2 Å². The maximum absolute atomic E-state index is 12.9. The molecule has 2 N–H and O–H groups in total. The summed E-state index contributed by atoms with van der Waals surface area (Å²) in [7, 11) is -4.30. The van der Waals surface area contributed by atoms with Crippen molar-refractivity contribution in [2.24, 2.45) is 5.92 Å². The molecule has 5 rings (SSSR count). The normalized spacial score (nSPS) is 19.5. The van der Waals surface area contributed by atoms with Gasteiger partial charge in [0.25, 0.3) is 10.0 Å². The van der Waals surface area contributed by atoms with Crippen LogP contribution in [0.5, 0.6) is 5.88 Å². The van der Waals surface area contributed by atoms with Gasteiger partial charge in [-0.05, 0) is 60.8 Å². The number of nitrogens with zero attached hydrogens (tertiary/aromatic N) is 2. The summed E-state index contributed by atoms with van der Waals surface area (Å²) in [4.78, 5) is 12.3. The average Bonchev–Trinajstić information content (AvgIpc) is 3.45. The molecule has 11 heteroatoms. The van der Waals surface area contributed by atoms with Crippen molar-refractivity contribution in [3.05, 3.63) is 34.5 Å². The highest BCUT2D eigenvalue weighted by molar-refractivity contribution is 7.90. The van der Waals surface area contributed by atoms with E-state index in [0.29, 0.717) is 0 Å². The van der Waals surface area contributed by atoms with Gasteiger partial charge in [0, 0.05) is 5.69 Å². The molecule has 0 saturated heterocycles. The first-order valence-corrected chi connectivity index (χ1v) is 11.8. The Morgan fingerprint density at radius 2 is 1.84 bits per heavy atom. The lowest BCUT2D eigenvalue weighted by Crippen LogP contribution is -2.36. The zero-order valence-corrected chi connectivity index (χ0v) is 17.5. The second-order valence-electron chi connectivity index (χ2n) is 8.20. The fourth-order valence-corrected chi connectivity index (χ4v) is 5.70. The van der Waals surface area contributed by atoms with E-state index in [1.54, 1.807) is 0 Å². The number of hydrogen-bond acceptors (Lipinski definition) is 5. The molecular formula is C20H22F2N4O4S. The molecule has 0 radical (unpaired) electrons. The number of hydrogen-bond donors (Lipinski definition) is 2. The maximum atomic E-state index is 12.9. The van der Waals surface area contributed by atoms with E-state index in [1.165, 1.54) is 11.1 Å². The summed E-state index contributed by atoms with van der Waals surface area (Å²) in [6.45, 7) is -0.475. The number of alkyl halides is 2. The molecule has 3 aliphatic rings. The minimum Gasteiger partial charge on any atom is -0.476 e. The zero-order valence-electron chi connectivity index (χ0n) is 16.7. The molecule has 1 aromatic heterocycles. The lowest BCUT2D eigenvalue weighted by atomic mass is 9.99. The van der Waals surface area contributed by atoms with E-state index in [2.05, 4.69) is 16.5 Å². The number of sulfonamides is 1. The van der Waals surface area contributed by atoms with Gasteiger partial charge < -0.3 is 10.1 Å². The van der Waals surface area contributed by atoms with Crippen molar-refractivity contribution >= 4 is 21.7 Å². The fraction of sp³-hybridized carbons (Fsp3) is 0.500. The number of fused-ring (bicyclic) bond motifs is 3. The van der Waals surface area contributed by atoms with Gasteiger partial charge in [0.2, 0.25) is 12.3 Å². The van der Waals surface area contributed by atoms with Gasteiger partial charge in [-0.1, -0.05) is 6.07 Å². The van der Waals surface area contributed by atoms with Crippen LogP contribution < -0.4 is 14.8 Å². The number of ether oxygens (including phenoxy) is 1. The predicted octanol–water partition coefficient (Wildman–Crippen LogP) is 2.64. The van der Waals surface area contributed by atoms with Crippen molar-refractivity contribution in [1.29, 1.82) is 0 Å². The van der Waals surface area contributed by atoms with Crippen LogP contribution in [0.3, 0.4) is 0 Å². The molecule has 31 heavy (non-hydrogen) atoms. The van der Waals surface area contributed by atoms with E-state index in [4.69, 9.17) is 4.74 Å². The van der Waals surface area contributed by atoms with Crippen LogP contribution in [0.15, 0.2) is 17.2 Å². The van der Waals surface area contributed by atoms with Gasteiger partial charge in [-0.25, -0.2) is 31.4 Å². The van der Waals surface area contributed by atoms with Gasteiger partial charge in [-0.15, -0.1) is 0 Å². The molecular weight excluding hydrogens is 430 g/mol. The van der Waals surface area contributed by atoms with Crippen LogP contribution in [0.2, 0.25) is 0 Å². The second kappa shape index (κ2) is 7.47. The molecule has 8 nitrogen and oxygen atoms in total. The SMILES string of the molecule is O=C(Nc1c2c(cc3c1CCC3)CCC2)NS(=O)(=O)c1cnn2c1OCC(C(F)F)C2. The first kappa shape index (κ1) is 20.2. The Balaban J connectivity index is 1.37. The standard InChI is InChI=1S/C20H22F2N4O4S/c21-18(22)13-9-26-19(30-10-13)16(8-23-26)31(28,29)25-20(27)24-17-14-5-1-3-11(14)7-12-4-2-6-15(12)17/h7-8,13,18H,1-6,9-10H2,(H2,24,25,27). The molecule has 1 aromatic carbocycles. The Kier molecular flexibility index (Phi) is 4.87. The fourth-order valence-electron chi connectivity index (χ4n) is 4.71. The van der Waals surface area contributed by atoms with Crippen molar-refractivity contribution < 1.29 is 26.7 Å². The summed E-state index contributed by atoms with van der Waals surface area (Å²) >= 11 is 0. The smallest absolute Gasteiger partial charge is 0.333 e. The summed E-state index contributed by atoms with van der Waals surface area (Å²) in [6.07, 6.45) is 4.03. The molecule has 1 unspecified atom stereocenters. The number of aromatic nitrogens is 2. The number of aryl methyl sites for hydroxylation is 2. The molecule has 2 amide bonds.